The zero-order valence-corrected chi connectivity index (χ0v) is 9.87. The molecule has 0 aromatic heterocycles. The third-order valence-electron chi connectivity index (χ3n) is 2.52. The predicted molar refractivity (Wildman–Crippen MR) is 64.4 cm³/mol. The highest BCUT2D eigenvalue weighted by Gasteiger charge is 2.16. The number of hydrogen-bond acceptors (Lipinski definition) is 2. The van der Waals surface area contributed by atoms with E-state index in [9.17, 15) is 0 Å². The molecular formula is C12H17NS. The molecule has 0 bridgehead atoms. The lowest BCUT2D eigenvalue weighted by Gasteiger charge is -2.23. The Balaban J connectivity index is 2.39. The fourth-order valence-electron chi connectivity index (χ4n) is 1.61. The van der Waals surface area contributed by atoms with Crippen LogP contribution in [0.3, 0.4) is 0 Å². The maximum absolute atomic E-state index is 3.45. The van der Waals surface area contributed by atoms with E-state index in [0.717, 1.165) is 6.54 Å². The lowest BCUT2D eigenvalue weighted by atomic mass is 9.87. The second-order valence-corrected chi connectivity index (χ2v) is 5.87. The van der Waals surface area contributed by atoms with Crippen molar-refractivity contribution in [2.45, 2.75) is 31.1 Å². The molecule has 0 saturated heterocycles. The number of rotatable bonds is 0. The molecule has 76 valence electrons. The van der Waals surface area contributed by atoms with Crippen molar-refractivity contribution in [2.24, 2.45) is 0 Å². The second kappa shape index (κ2) is 3.50. The van der Waals surface area contributed by atoms with Crippen LogP contribution in [0, 0.1) is 0 Å². The zero-order chi connectivity index (χ0) is 10.2. The van der Waals surface area contributed by atoms with Crippen molar-refractivity contribution in [2.75, 3.05) is 17.6 Å². The molecule has 0 saturated carbocycles. The Morgan fingerprint density at radius 2 is 2.07 bits per heavy atom. The van der Waals surface area contributed by atoms with Gasteiger partial charge >= 0.3 is 0 Å². The molecule has 1 aliphatic rings. The summed E-state index contributed by atoms with van der Waals surface area (Å²) in [6, 6.07) is 6.78. The van der Waals surface area contributed by atoms with Crippen molar-refractivity contribution in [3.63, 3.8) is 0 Å². The number of thioether (sulfide) groups is 1. The van der Waals surface area contributed by atoms with Gasteiger partial charge in [-0.15, -0.1) is 11.8 Å². The van der Waals surface area contributed by atoms with Crippen LogP contribution in [0.4, 0.5) is 5.69 Å². The smallest absolute Gasteiger partial charge is 0.0481 e. The van der Waals surface area contributed by atoms with Crippen LogP contribution in [-0.4, -0.2) is 12.3 Å². The largest absolute Gasteiger partial charge is 0.383 e. The van der Waals surface area contributed by atoms with E-state index in [0.29, 0.717) is 0 Å². The van der Waals surface area contributed by atoms with Crippen molar-refractivity contribution in [1.82, 2.24) is 0 Å². The maximum atomic E-state index is 3.45. The summed E-state index contributed by atoms with van der Waals surface area (Å²) >= 11 is 1.95. The first kappa shape index (κ1) is 9.91. The molecule has 1 aliphatic heterocycles. The fourth-order valence-corrected chi connectivity index (χ4v) is 2.48. The van der Waals surface area contributed by atoms with Gasteiger partial charge in [0.1, 0.15) is 0 Å². The van der Waals surface area contributed by atoms with Gasteiger partial charge in [0, 0.05) is 22.9 Å². The van der Waals surface area contributed by atoms with Crippen LogP contribution in [0.1, 0.15) is 26.3 Å². The number of hydrogen-bond donors (Lipinski definition) is 1. The van der Waals surface area contributed by atoms with Crippen molar-refractivity contribution in [1.29, 1.82) is 0 Å². The molecule has 0 atom stereocenters. The minimum absolute atomic E-state index is 0.249. The first-order valence-corrected chi connectivity index (χ1v) is 6.07. The normalized spacial score (nSPS) is 15.9. The van der Waals surface area contributed by atoms with Crippen molar-refractivity contribution >= 4 is 17.4 Å². The summed E-state index contributed by atoms with van der Waals surface area (Å²) in [6.07, 6.45) is 0. The van der Waals surface area contributed by atoms with Gasteiger partial charge in [-0.25, -0.2) is 0 Å². The average molecular weight is 207 g/mol. The van der Waals surface area contributed by atoms with Crippen LogP contribution in [0.5, 0.6) is 0 Å². The van der Waals surface area contributed by atoms with E-state index in [4.69, 9.17) is 0 Å². The van der Waals surface area contributed by atoms with Gasteiger partial charge in [-0.1, -0.05) is 26.8 Å². The number of anilines is 1. The second-order valence-electron chi connectivity index (χ2n) is 4.74. The van der Waals surface area contributed by atoms with Gasteiger partial charge in [0.2, 0.25) is 0 Å². The van der Waals surface area contributed by atoms with Crippen LogP contribution in [0.15, 0.2) is 23.1 Å². The van der Waals surface area contributed by atoms with Gasteiger partial charge in [-0.2, -0.15) is 0 Å². The molecule has 1 aromatic rings. The average Bonchev–Trinajstić information content (AvgIpc) is 2.16. The molecule has 0 spiro atoms. The molecule has 0 amide bonds. The van der Waals surface area contributed by atoms with Crippen molar-refractivity contribution in [3.05, 3.63) is 23.8 Å². The summed E-state index contributed by atoms with van der Waals surface area (Å²) < 4.78 is 0. The van der Waals surface area contributed by atoms with Crippen molar-refractivity contribution in [3.8, 4) is 0 Å². The SMILES string of the molecule is CC(C)(C)c1ccc2c(c1)NCCS2. The zero-order valence-electron chi connectivity index (χ0n) is 9.05. The Hall–Kier alpha value is -0.630. The van der Waals surface area contributed by atoms with Gasteiger partial charge < -0.3 is 5.32 Å². The van der Waals surface area contributed by atoms with Crippen LogP contribution in [0.2, 0.25) is 0 Å². The summed E-state index contributed by atoms with van der Waals surface area (Å²) in [4.78, 5) is 1.39. The standard InChI is InChI=1S/C12H17NS/c1-12(2,3)9-4-5-11-10(8-9)13-6-7-14-11/h4-5,8,13H,6-7H2,1-3H3. The summed E-state index contributed by atoms with van der Waals surface area (Å²) in [5.74, 6) is 1.18. The fraction of sp³-hybridized carbons (Fsp3) is 0.500. The summed E-state index contributed by atoms with van der Waals surface area (Å²) in [5, 5.41) is 3.45. The third-order valence-corrected chi connectivity index (χ3v) is 3.60. The van der Waals surface area contributed by atoms with E-state index < -0.39 is 0 Å². The highest BCUT2D eigenvalue weighted by Crippen LogP contribution is 2.34. The monoisotopic (exact) mass is 207 g/mol. The Morgan fingerprint density at radius 1 is 1.29 bits per heavy atom. The lowest BCUT2D eigenvalue weighted by molar-refractivity contribution is 0.590. The minimum Gasteiger partial charge on any atom is -0.383 e. The molecule has 0 radical (unpaired) electrons. The van der Waals surface area contributed by atoms with E-state index in [2.05, 4.69) is 44.3 Å². The van der Waals surface area contributed by atoms with Crippen LogP contribution >= 0.6 is 11.8 Å². The van der Waals surface area contributed by atoms with E-state index in [1.807, 2.05) is 11.8 Å². The Bertz CT molecular complexity index is 339. The molecule has 0 fully saturated rings. The molecule has 1 heterocycles. The predicted octanol–water partition coefficient (Wildman–Crippen LogP) is 3.50. The van der Waals surface area contributed by atoms with Gasteiger partial charge in [-0.05, 0) is 23.1 Å². The Morgan fingerprint density at radius 3 is 2.79 bits per heavy atom. The van der Waals surface area contributed by atoms with Crippen LogP contribution in [0.25, 0.3) is 0 Å². The van der Waals surface area contributed by atoms with E-state index >= 15 is 0 Å². The number of nitrogens with one attached hydrogen (secondary N) is 1. The highest BCUT2D eigenvalue weighted by atomic mass is 32.2. The molecule has 2 heteroatoms. The van der Waals surface area contributed by atoms with Crippen LogP contribution in [-0.2, 0) is 5.41 Å². The van der Waals surface area contributed by atoms with E-state index in [-0.39, 0.29) is 5.41 Å². The maximum Gasteiger partial charge on any atom is 0.0481 e. The topological polar surface area (TPSA) is 12.0 Å². The Labute approximate surface area is 90.3 Å². The Kier molecular flexibility index (Phi) is 2.48. The lowest BCUT2D eigenvalue weighted by Crippen LogP contribution is -2.14. The van der Waals surface area contributed by atoms with E-state index in [1.54, 1.807) is 0 Å². The molecule has 0 unspecified atom stereocenters. The van der Waals surface area contributed by atoms with Gasteiger partial charge in [0.25, 0.3) is 0 Å². The summed E-state index contributed by atoms with van der Waals surface area (Å²) in [7, 11) is 0. The molecule has 1 N–H and O–H groups in total. The number of benzene rings is 1. The minimum atomic E-state index is 0.249. The molecule has 1 aromatic carbocycles. The molecule has 0 aliphatic carbocycles. The van der Waals surface area contributed by atoms with Gasteiger partial charge in [0.15, 0.2) is 0 Å². The molecule has 1 nitrogen and oxygen atoms in total. The van der Waals surface area contributed by atoms with Gasteiger partial charge in [-0.3, -0.25) is 0 Å². The first-order valence-electron chi connectivity index (χ1n) is 5.08. The highest BCUT2D eigenvalue weighted by molar-refractivity contribution is 7.99. The quantitative estimate of drug-likeness (QED) is 0.699. The first-order chi connectivity index (χ1) is 6.57. The molecule has 14 heavy (non-hydrogen) atoms. The van der Waals surface area contributed by atoms with Crippen molar-refractivity contribution < 1.29 is 0 Å². The third kappa shape index (κ3) is 1.90. The molecular weight excluding hydrogens is 190 g/mol. The summed E-state index contributed by atoms with van der Waals surface area (Å²) in [5.41, 5.74) is 2.97. The van der Waals surface area contributed by atoms with E-state index in [1.165, 1.54) is 21.9 Å². The van der Waals surface area contributed by atoms with Crippen LogP contribution < -0.4 is 5.32 Å². The number of fused-ring (bicyclic) bond motifs is 1. The molecule has 2 rings (SSSR count). The summed E-state index contributed by atoms with van der Waals surface area (Å²) in [6.45, 7) is 7.85. The van der Waals surface area contributed by atoms with Gasteiger partial charge in [0.05, 0.1) is 0 Å².